The summed E-state index contributed by atoms with van der Waals surface area (Å²) in [7, 11) is 0. The van der Waals surface area contributed by atoms with Crippen molar-refractivity contribution in [2.24, 2.45) is 0 Å². The number of anilines is 1. The summed E-state index contributed by atoms with van der Waals surface area (Å²) in [6, 6.07) is 2.31. The number of fused-ring (bicyclic) bond motifs is 1. The van der Waals surface area contributed by atoms with E-state index in [1.165, 1.54) is 6.07 Å². The molecule has 1 heterocycles. The molecule has 2 rings (SSSR count). The second-order valence-corrected chi connectivity index (χ2v) is 2.92. The van der Waals surface area contributed by atoms with Gasteiger partial charge in [0.25, 0.3) is 0 Å². The molecule has 0 saturated heterocycles. The molecule has 0 fully saturated rings. The number of nitrogens with one attached hydrogen (secondary N) is 1. The quantitative estimate of drug-likeness (QED) is 0.713. The molecule has 14 heavy (non-hydrogen) atoms. The van der Waals surface area contributed by atoms with Gasteiger partial charge in [-0.05, 0) is 12.1 Å². The Kier molecular flexibility index (Phi) is 1.99. The normalized spacial score (nSPS) is 13.8. The topological polar surface area (TPSA) is 58.6 Å². The monoisotopic (exact) mass is 197 g/mol. The Balaban J connectivity index is 2.51. The van der Waals surface area contributed by atoms with E-state index in [0.29, 0.717) is 18.8 Å². The third kappa shape index (κ3) is 1.37. The van der Waals surface area contributed by atoms with Gasteiger partial charge in [-0.1, -0.05) is 0 Å². The van der Waals surface area contributed by atoms with Crippen LogP contribution in [-0.4, -0.2) is 24.2 Å². The minimum atomic E-state index is -1.15. The number of halogens is 1. The molecule has 1 aliphatic rings. The molecule has 74 valence electrons. The van der Waals surface area contributed by atoms with Gasteiger partial charge in [0.05, 0.1) is 11.3 Å². The van der Waals surface area contributed by atoms with Gasteiger partial charge in [0.15, 0.2) is 11.6 Å². The molecule has 2 N–H and O–H groups in total. The summed E-state index contributed by atoms with van der Waals surface area (Å²) in [5.74, 6) is -1.70. The molecule has 0 spiro atoms. The minimum absolute atomic E-state index is 0.0840. The standard InChI is InChI=1S/C9H8FNO3/c10-6-3-5(9(12)13)4-7-8(6)14-2-1-11-7/h3-4,11H,1-2H2,(H,12,13). The molecule has 0 aliphatic carbocycles. The summed E-state index contributed by atoms with van der Waals surface area (Å²) in [6.07, 6.45) is 0. The largest absolute Gasteiger partial charge is 0.486 e. The van der Waals surface area contributed by atoms with Crippen molar-refractivity contribution in [2.45, 2.75) is 0 Å². The van der Waals surface area contributed by atoms with Gasteiger partial charge in [0.2, 0.25) is 0 Å². The molecule has 0 bridgehead atoms. The number of ether oxygens (including phenoxy) is 1. The van der Waals surface area contributed by atoms with Gasteiger partial charge >= 0.3 is 5.97 Å². The van der Waals surface area contributed by atoms with Gasteiger partial charge in [-0.25, -0.2) is 9.18 Å². The number of rotatable bonds is 1. The zero-order valence-corrected chi connectivity index (χ0v) is 7.21. The second kappa shape index (κ2) is 3.17. The summed E-state index contributed by atoms with van der Waals surface area (Å²) in [6.45, 7) is 0.936. The van der Waals surface area contributed by atoms with Crippen LogP contribution < -0.4 is 10.1 Å². The van der Waals surface area contributed by atoms with Crippen LogP contribution in [-0.2, 0) is 0 Å². The van der Waals surface area contributed by atoms with Gasteiger partial charge < -0.3 is 15.2 Å². The minimum Gasteiger partial charge on any atom is -0.486 e. The van der Waals surface area contributed by atoms with Crippen LogP contribution >= 0.6 is 0 Å². The molecule has 5 heteroatoms. The third-order valence-electron chi connectivity index (χ3n) is 1.95. The van der Waals surface area contributed by atoms with Crippen LogP contribution in [0.1, 0.15) is 10.4 Å². The zero-order valence-electron chi connectivity index (χ0n) is 7.21. The first kappa shape index (κ1) is 8.80. The molecule has 1 aliphatic heterocycles. The lowest BCUT2D eigenvalue weighted by molar-refractivity contribution is 0.0696. The number of hydrogen-bond donors (Lipinski definition) is 2. The van der Waals surface area contributed by atoms with E-state index < -0.39 is 11.8 Å². The summed E-state index contributed by atoms with van der Waals surface area (Å²) in [5, 5.41) is 11.5. The van der Waals surface area contributed by atoms with E-state index in [2.05, 4.69) is 5.32 Å². The van der Waals surface area contributed by atoms with Crippen LogP contribution in [0.15, 0.2) is 12.1 Å². The zero-order chi connectivity index (χ0) is 10.1. The summed E-state index contributed by atoms with van der Waals surface area (Å²) < 4.78 is 18.3. The third-order valence-corrected chi connectivity index (χ3v) is 1.95. The van der Waals surface area contributed by atoms with Crippen molar-refractivity contribution in [1.82, 2.24) is 0 Å². The average molecular weight is 197 g/mol. The lowest BCUT2D eigenvalue weighted by Gasteiger charge is -2.19. The first-order chi connectivity index (χ1) is 6.68. The Morgan fingerprint density at radius 2 is 2.36 bits per heavy atom. The maximum Gasteiger partial charge on any atom is 0.335 e. The highest BCUT2D eigenvalue weighted by atomic mass is 19.1. The maximum absolute atomic E-state index is 13.3. The lowest BCUT2D eigenvalue weighted by atomic mass is 10.1. The summed E-state index contributed by atoms with van der Waals surface area (Å²) >= 11 is 0. The molecule has 1 aromatic carbocycles. The molecule has 1 aromatic rings. The van der Waals surface area contributed by atoms with E-state index in [0.717, 1.165) is 6.07 Å². The van der Waals surface area contributed by atoms with Crippen molar-refractivity contribution >= 4 is 11.7 Å². The molecule has 0 amide bonds. The maximum atomic E-state index is 13.3. The van der Waals surface area contributed by atoms with E-state index in [-0.39, 0.29) is 11.3 Å². The number of hydrogen-bond acceptors (Lipinski definition) is 3. The lowest BCUT2D eigenvalue weighted by Crippen LogP contribution is -2.19. The number of aromatic carboxylic acids is 1. The molecule has 0 unspecified atom stereocenters. The number of carbonyl (C=O) groups is 1. The van der Waals surface area contributed by atoms with Crippen LogP contribution in [0.25, 0.3) is 0 Å². The highest BCUT2D eigenvalue weighted by molar-refractivity contribution is 5.89. The fourth-order valence-electron chi connectivity index (χ4n) is 1.33. The summed E-state index contributed by atoms with van der Waals surface area (Å²) in [4.78, 5) is 10.6. The first-order valence-corrected chi connectivity index (χ1v) is 4.12. The van der Waals surface area contributed by atoms with Gasteiger partial charge in [-0.15, -0.1) is 0 Å². The number of carboxylic acids is 1. The molecule has 0 radical (unpaired) electrons. The molecule has 4 nitrogen and oxygen atoms in total. The molecule has 0 atom stereocenters. The molecule has 0 saturated carbocycles. The Bertz CT molecular complexity index is 392. The van der Waals surface area contributed by atoms with Gasteiger partial charge in [-0.3, -0.25) is 0 Å². The van der Waals surface area contributed by atoms with Gasteiger partial charge in [-0.2, -0.15) is 0 Å². The smallest absolute Gasteiger partial charge is 0.335 e. The average Bonchev–Trinajstić information content (AvgIpc) is 2.17. The molecule has 0 aromatic heterocycles. The van der Waals surface area contributed by atoms with E-state index in [4.69, 9.17) is 9.84 Å². The van der Waals surface area contributed by atoms with E-state index in [9.17, 15) is 9.18 Å². The van der Waals surface area contributed by atoms with Crippen LogP contribution in [0.5, 0.6) is 5.75 Å². The first-order valence-electron chi connectivity index (χ1n) is 4.12. The van der Waals surface area contributed by atoms with Crippen molar-refractivity contribution in [1.29, 1.82) is 0 Å². The Hall–Kier alpha value is -1.78. The molecular formula is C9H8FNO3. The second-order valence-electron chi connectivity index (χ2n) is 2.92. The predicted molar refractivity (Wildman–Crippen MR) is 47.3 cm³/mol. The van der Waals surface area contributed by atoms with Crippen molar-refractivity contribution in [3.8, 4) is 5.75 Å². The van der Waals surface area contributed by atoms with Crippen LogP contribution in [0.3, 0.4) is 0 Å². The van der Waals surface area contributed by atoms with E-state index in [1.807, 2.05) is 0 Å². The highest BCUT2D eigenvalue weighted by Gasteiger charge is 2.18. The Labute approximate surface area is 79.3 Å². The summed E-state index contributed by atoms with van der Waals surface area (Å²) in [5.41, 5.74) is 0.313. The van der Waals surface area contributed by atoms with Crippen LogP contribution in [0.2, 0.25) is 0 Å². The highest BCUT2D eigenvalue weighted by Crippen LogP contribution is 2.31. The van der Waals surface area contributed by atoms with Crippen molar-refractivity contribution in [3.63, 3.8) is 0 Å². The fraction of sp³-hybridized carbons (Fsp3) is 0.222. The van der Waals surface area contributed by atoms with Crippen molar-refractivity contribution < 1.29 is 19.0 Å². The van der Waals surface area contributed by atoms with Crippen molar-refractivity contribution in [3.05, 3.63) is 23.5 Å². The van der Waals surface area contributed by atoms with E-state index in [1.54, 1.807) is 0 Å². The van der Waals surface area contributed by atoms with Crippen molar-refractivity contribution in [2.75, 3.05) is 18.5 Å². The Morgan fingerprint density at radius 3 is 3.07 bits per heavy atom. The molecular weight excluding hydrogens is 189 g/mol. The fourth-order valence-corrected chi connectivity index (χ4v) is 1.33. The number of carboxylic acid groups (broad SMARTS) is 1. The SMILES string of the molecule is O=C(O)c1cc(F)c2c(c1)NCCO2. The number of benzene rings is 1. The van der Waals surface area contributed by atoms with Crippen LogP contribution in [0.4, 0.5) is 10.1 Å². The predicted octanol–water partition coefficient (Wildman–Crippen LogP) is 1.33. The van der Waals surface area contributed by atoms with E-state index >= 15 is 0 Å². The van der Waals surface area contributed by atoms with Gasteiger partial charge in [0.1, 0.15) is 6.61 Å². The Morgan fingerprint density at radius 1 is 1.57 bits per heavy atom. The van der Waals surface area contributed by atoms with Crippen LogP contribution in [0, 0.1) is 5.82 Å². The van der Waals surface area contributed by atoms with Gasteiger partial charge in [0, 0.05) is 6.54 Å².